The van der Waals surface area contributed by atoms with Crippen LogP contribution in [0.1, 0.15) is 32.6 Å². The van der Waals surface area contributed by atoms with Gasteiger partial charge in [0.05, 0.1) is 0 Å². The van der Waals surface area contributed by atoms with Crippen molar-refractivity contribution in [2.45, 2.75) is 32.6 Å². The smallest absolute Gasteiger partial charge is 0.216 e. The molecule has 0 saturated heterocycles. The van der Waals surface area contributed by atoms with Crippen LogP contribution in [0.15, 0.2) is 0 Å². The SMILES string of the molecule is CC(=O)NCCCCCCBr. The molecule has 66 valence electrons. The summed E-state index contributed by atoms with van der Waals surface area (Å²) in [5.74, 6) is 0.0745. The molecule has 0 aliphatic carbocycles. The number of carbonyl (C=O) groups excluding carboxylic acids is 1. The van der Waals surface area contributed by atoms with E-state index >= 15 is 0 Å². The molecule has 2 nitrogen and oxygen atoms in total. The zero-order valence-electron chi connectivity index (χ0n) is 7.03. The summed E-state index contributed by atoms with van der Waals surface area (Å²) in [7, 11) is 0. The number of unbranched alkanes of at least 4 members (excludes halogenated alkanes) is 3. The van der Waals surface area contributed by atoms with Gasteiger partial charge in [0.1, 0.15) is 0 Å². The molecular formula is C8H16BrNO. The molecular weight excluding hydrogens is 206 g/mol. The van der Waals surface area contributed by atoms with E-state index < -0.39 is 0 Å². The predicted octanol–water partition coefficient (Wildman–Crippen LogP) is 2.08. The number of carbonyl (C=O) groups is 1. The van der Waals surface area contributed by atoms with E-state index in [2.05, 4.69) is 21.2 Å². The first-order valence-corrected chi connectivity index (χ1v) is 5.20. The Morgan fingerprint density at radius 2 is 1.91 bits per heavy atom. The van der Waals surface area contributed by atoms with E-state index in [0.29, 0.717) is 0 Å². The highest BCUT2D eigenvalue weighted by Gasteiger charge is 1.90. The van der Waals surface area contributed by atoms with Crippen LogP contribution < -0.4 is 5.32 Å². The maximum absolute atomic E-state index is 10.4. The number of halogens is 1. The van der Waals surface area contributed by atoms with Gasteiger partial charge < -0.3 is 5.32 Å². The minimum absolute atomic E-state index is 0.0745. The molecule has 1 N–H and O–H groups in total. The summed E-state index contributed by atoms with van der Waals surface area (Å²) >= 11 is 3.37. The van der Waals surface area contributed by atoms with Gasteiger partial charge in [-0.25, -0.2) is 0 Å². The van der Waals surface area contributed by atoms with Crippen LogP contribution in [-0.2, 0) is 4.79 Å². The van der Waals surface area contributed by atoms with Crippen molar-refractivity contribution in [3.63, 3.8) is 0 Å². The lowest BCUT2D eigenvalue weighted by Gasteiger charge is -2.00. The highest BCUT2D eigenvalue weighted by Crippen LogP contribution is 2.00. The van der Waals surface area contributed by atoms with Crippen molar-refractivity contribution in [1.29, 1.82) is 0 Å². The lowest BCUT2D eigenvalue weighted by atomic mass is 10.2. The summed E-state index contributed by atoms with van der Waals surface area (Å²) in [6.07, 6.45) is 4.81. The first kappa shape index (κ1) is 11.0. The highest BCUT2D eigenvalue weighted by atomic mass is 79.9. The maximum Gasteiger partial charge on any atom is 0.216 e. The molecule has 0 radical (unpaired) electrons. The number of hydrogen-bond donors (Lipinski definition) is 1. The van der Waals surface area contributed by atoms with Crippen LogP contribution >= 0.6 is 15.9 Å². The van der Waals surface area contributed by atoms with Crippen LogP contribution in [0.5, 0.6) is 0 Å². The van der Waals surface area contributed by atoms with Crippen molar-refractivity contribution in [3.05, 3.63) is 0 Å². The molecule has 0 heterocycles. The standard InChI is InChI=1S/C8H16BrNO/c1-8(11)10-7-5-3-2-4-6-9/h2-7H2,1H3,(H,10,11). The predicted molar refractivity (Wildman–Crippen MR) is 50.9 cm³/mol. The van der Waals surface area contributed by atoms with Crippen molar-refractivity contribution >= 4 is 21.8 Å². The van der Waals surface area contributed by atoms with Gasteiger partial charge in [0.2, 0.25) is 5.91 Å². The van der Waals surface area contributed by atoms with Crippen LogP contribution in [0, 0.1) is 0 Å². The Labute approximate surface area is 76.9 Å². The number of nitrogens with one attached hydrogen (secondary N) is 1. The third-order valence-electron chi connectivity index (χ3n) is 1.43. The molecule has 3 heteroatoms. The minimum Gasteiger partial charge on any atom is -0.356 e. The van der Waals surface area contributed by atoms with E-state index in [4.69, 9.17) is 0 Å². The summed E-state index contributed by atoms with van der Waals surface area (Å²) < 4.78 is 0. The topological polar surface area (TPSA) is 29.1 Å². The van der Waals surface area contributed by atoms with Crippen molar-refractivity contribution in [2.24, 2.45) is 0 Å². The van der Waals surface area contributed by atoms with Gasteiger partial charge in [0.25, 0.3) is 0 Å². The van der Waals surface area contributed by atoms with Gasteiger partial charge in [-0.15, -0.1) is 0 Å². The fraction of sp³-hybridized carbons (Fsp3) is 0.875. The Balaban J connectivity index is 2.85. The van der Waals surface area contributed by atoms with Gasteiger partial charge in [0, 0.05) is 18.8 Å². The molecule has 0 aromatic rings. The van der Waals surface area contributed by atoms with E-state index in [1.165, 1.54) is 19.3 Å². The molecule has 0 saturated carbocycles. The third kappa shape index (κ3) is 9.95. The van der Waals surface area contributed by atoms with E-state index in [0.717, 1.165) is 18.3 Å². The van der Waals surface area contributed by atoms with E-state index in [1.807, 2.05) is 0 Å². The van der Waals surface area contributed by atoms with Crippen LogP contribution in [0.25, 0.3) is 0 Å². The molecule has 0 rings (SSSR count). The van der Waals surface area contributed by atoms with Crippen molar-refractivity contribution < 1.29 is 4.79 Å². The molecule has 0 atom stereocenters. The molecule has 0 aliphatic heterocycles. The molecule has 11 heavy (non-hydrogen) atoms. The summed E-state index contributed by atoms with van der Waals surface area (Å²) in [6, 6.07) is 0. The molecule has 0 fully saturated rings. The van der Waals surface area contributed by atoms with Crippen LogP contribution in [0.2, 0.25) is 0 Å². The van der Waals surface area contributed by atoms with Gasteiger partial charge in [0.15, 0.2) is 0 Å². The maximum atomic E-state index is 10.4. The Morgan fingerprint density at radius 1 is 1.27 bits per heavy atom. The van der Waals surface area contributed by atoms with Crippen molar-refractivity contribution in [1.82, 2.24) is 5.32 Å². The Morgan fingerprint density at radius 3 is 2.45 bits per heavy atom. The number of alkyl halides is 1. The van der Waals surface area contributed by atoms with Crippen LogP contribution in [-0.4, -0.2) is 17.8 Å². The van der Waals surface area contributed by atoms with Crippen LogP contribution in [0.3, 0.4) is 0 Å². The third-order valence-corrected chi connectivity index (χ3v) is 2.00. The summed E-state index contributed by atoms with van der Waals surface area (Å²) in [5.41, 5.74) is 0. The lowest BCUT2D eigenvalue weighted by Crippen LogP contribution is -2.20. The number of amides is 1. The van der Waals surface area contributed by atoms with E-state index in [-0.39, 0.29) is 5.91 Å². The molecule has 0 bridgehead atoms. The van der Waals surface area contributed by atoms with Gasteiger partial charge in [-0.2, -0.15) is 0 Å². The Hall–Kier alpha value is -0.0500. The first-order valence-electron chi connectivity index (χ1n) is 4.07. The van der Waals surface area contributed by atoms with Gasteiger partial charge >= 0.3 is 0 Å². The summed E-state index contributed by atoms with van der Waals surface area (Å²) in [6.45, 7) is 2.39. The second kappa shape index (κ2) is 8.05. The normalized spacial score (nSPS) is 9.64. The molecule has 0 spiro atoms. The second-order valence-corrected chi connectivity index (χ2v) is 3.38. The van der Waals surface area contributed by atoms with Gasteiger partial charge in [-0.3, -0.25) is 4.79 Å². The Kier molecular flexibility index (Phi) is 8.01. The average molecular weight is 222 g/mol. The molecule has 0 aromatic carbocycles. The van der Waals surface area contributed by atoms with Gasteiger partial charge in [-0.05, 0) is 12.8 Å². The average Bonchev–Trinajstić information content (AvgIpc) is 1.96. The van der Waals surface area contributed by atoms with Crippen molar-refractivity contribution in [2.75, 3.05) is 11.9 Å². The number of rotatable bonds is 6. The lowest BCUT2D eigenvalue weighted by molar-refractivity contribution is -0.118. The highest BCUT2D eigenvalue weighted by molar-refractivity contribution is 9.09. The quantitative estimate of drug-likeness (QED) is 0.541. The second-order valence-electron chi connectivity index (χ2n) is 2.59. The van der Waals surface area contributed by atoms with E-state index in [1.54, 1.807) is 6.92 Å². The summed E-state index contributed by atoms with van der Waals surface area (Å²) in [4.78, 5) is 10.4. The summed E-state index contributed by atoms with van der Waals surface area (Å²) in [5, 5.41) is 3.86. The Bertz CT molecular complexity index is 106. The largest absolute Gasteiger partial charge is 0.356 e. The van der Waals surface area contributed by atoms with Crippen molar-refractivity contribution in [3.8, 4) is 0 Å². The monoisotopic (exact) mass is 221 g/mol. The van der Waals surface area contributed by atoms with Gasteiger partial charge in [-0.1, -0.05) is 28.8 Å². The molecule has 0 aromatic heterocycles. The molecule has 0 aliphatic rings. The first-order chi connectivity index (χ1) is 5.27. The minimum atomic E-state index is 0.0745. The fourth-order valence-corrected chi connectivity index (χ4v) is 1.23. The van der Waals surface area contributed by atoms with E-state index in [9.17, 15) is 4.79 Å². The number of hydrogen-bond acceptors (Lipinski definition) is 1. The zero-order chi connectivity index (χ0) is 8.53. The fourth-order valence-electron chi connectivity index (χ4n) is 0.837. The van der Waals surface area contributed by atoms with Crippen LogP contribution in [0.4, 0.5) is 0 Å². The molecule has 1 amide bonds. The zero-order valence-corrected chi connectivity index (χ0v) is 8.61. The molecule has 0 unspecified atom stereocenters.